The number of hydrogen-bond donors (Lipinski definition) is 0. The lowest BCUT2D eigenvalue weighted by Gasteiger charge is -2.19. The molecular formula is C16H12Cl3N3. The molecule has 3 rings (SSSR count). The van der Waals surface area contributed by atoms with Crippen molar-refractivity contribution >= 4 is 34.8 Å². The molecule has 0 aliphatic heterocycles. The highest BCUT2D eigenvalue weighted by Crippen LogP contribution is 2.33. The normalized spacial score (nSPS) is 12.3. The Morgan fingerprint density at radius 1 is 0.955 bits per heavy atom. The molecule has 1 aromatic heterocycles. The van der Waals surface area contributed by atoms with Crippen LogP contribution in [0.4, 0.5) is 0 Å². The Balaban J connectivity index is 2.03. The van der Waals surface area contributed by atoms with Crippen molar-refractivity contribution in [3.8, 4) is 0 Å². The number of benzene rings is 2. The summed E-state index contributed by atoms with van der Waals surface area (Å²) in [5.41, 5.74) is 2.09. The van der Waals surface area contributed by atoms with Crippen LogP contribution in [0, 0.1) is 0 Å². The Hall–Kier alpha value is -1.55. The Morgan fingerprint density at radius 2 is 1.68 bits per heavy atom. The minimum absolute atomic E-state index is 0.0312. The zero-order valence-corrected chi connectivity index (χ0v) is 13.7. The molecule has 0 bridgehead atoms. The molecule has 1 heterocycles. The standard InChI is InChI=1S/C16H12Cl3N3/c17-12-3-1-11(2-4-12)15(8-22-10-20-9-21-22)14-6-5-13(18)7-16(14)19/h1-7,9-10,15H,8H2. The van der Waals surface area contributed by atoms with Crippen LogP contribution in [-0.2, 0) is 6.54 Å². The summed E-state index contributed by atoms with van der Waals surface area (Å²) in [4.78, 5) is 3.99. The summed E-state index contributed by atoms with van der Waals surface area (Å²) in [5, 5.41) is 6.13. The van der Waals surface area contributed by atoms with Gasteiger partial charge in [0.15, 0.2) is 0 Å². The van der Waals surface area contributed by atoms with Gasteiger partial charge in [-0.15, -0.1) is 0 Å². The first kappa shape index (κ1) is 15.3. The molecule has 0 N–H and O–H groups in total. The van der Waals surface area contributed by atoms with Crippen molar-refractivity contribution in [2.75, 3.05) is 0 Å². The van der Waals surface area contributed by atoms with E-state index >= 15 is 0 Å². The van der Waals surface area contributed by atoms with Crippen LogP contribution < -0.4 is 0 Å². The number of hydrogen-bond acceptors (Lipinski definition) is 2. The van der Waals surface area contributed by atoms with Crippen molar-refractivity contribution in [2.24, 2.45) is 0 Å². The molecule has 3 aromatic rings. The molecule has 1 unspecified atom stereocenters. The van der Waals surface area contributed by atoms with Crippen LogP contribution in [0.3, 0.4) is 0 Å². The summed E-state index contributed by atoms with van der Waals surface area (Å²) in [6.45, 7) is 0.628. The fourth-order valence-corrected chi connectivity index (χ4v) is 3.04. The van der Waals surface area contributed by atoms with Gasteiger partial charge in [0.25, 0.3) is 0 Å². The molecule has 112 valence electrons. The Labute approximate surface area is 143 Å². The molecule has 0 aliphatic carbocycles. The van der Waals surface area contributed by atoms with Crippen LogP contribution in [0.15, 0.2) is 55.1 Å². The average Bonchev–Trinajstić information content (AvgIpc) is 2.99. The molecule has 2 aromatic carbocycles. The first-order valence-electron chi connectivity index (χ1n) is 6.66. The van der Waals surface area contributed by atoms with Crippen LogP contribution in [0.1, 0.15) is 17.0 Å². The second-order valence-corrected chi connectivity index (χ2v) is 6.17. The molecule has 6 heteroatoms. The van der Waals surface area contributed by atoms with E-state index in [1.165, 1.54) is 6.33 Å². The summed E-state index contributed by atoms with van der Waals surface area (Å²) in [6.07, 6.45) is 3.20. The minimum Gasteiger partial charge on any atom is -0.252 e. The van der Waals surface area contributed by atoms with E-state index in [1.807, 2.05) is 36.4 Å². The lowest BCUT2D eigenvalue weighted by atomic mass is 9.91. The summed E-state index contributed by atoms with van der Waals surface area (Å²) < 4.78 is 1.78. The van der Waals surface area contributed by atoms with Crippen molar-refractivity contribution in [3.05, 3.63) is 81.3 Å². The summed E-state index contributed by atoms with van der Waals surface area (Å²) >= 11 is 18.4. The van der Waals surface area contributed by atoms with Gasteiger partial charge in [-0.1, -0.05) is 53.0 Å². The maximum Gasteiger partial charge on any atom is 0.137 e. The number of rotatable bonds is 4. The average molecular weight is 353 g/mol. The van der Waals surface area contributed by atoms with Crippen molar-refractivity contribution in [1.82, 2.24) is 14.8 Å². The van der Waals surface area contributed by atoms with Crippen LogP contribution >= 0.6 is 34.8 Å². The largest absolute Gasteiger partial charge is 0.252 e. The SMILES string of the molecule is Clc1ccc(C(Cn2cncn2)c2ccc(Cl)cc2Cl)cc1. The first-order chi connectivity index (χ1) is 10.6. The van der Waals surface area contributed by atoms with E-state index in [9.17, 15) is 0 Å². The predicted octanol–water partition coefficient (Wildman–Crippen LogP) is 5.07. The third-order valence-corrected chi connectivity index (χ3v) is 4.26. The number of nitrogens with zero attached hydrogens (tertiary/aromatic N) is 3. The lowest BCUT2D eigenvalue weighted by Crippen LogP contribution is -2.12. The summed E-state index contributed by atoms with van der Waals surface area (Å²) in [6, 6.07) is 13.3. The third-order valence-electron chi connectivity index (χ3n) is 3.45. The van der Waals surface area contributed by atoms with Crippen molar-refractivity contribution < 1.29 is 0 Å². The van der Waals surface area contributed by atoms with Crippen LogP contribution in [-0.4, -0.2) is 14.8 Å². The van der Waals surface area contributed by atoms with Gasteiger partial charge in [0.05, 0.1) is 6.54 Å². The van der Waals surface area contributed by atoms with E-state index < -0.39 is 0 Å². The number of aromatic nitrogens is 3. The molecule has 0 fully saturated rings. The number of halogens is 3. The van der Waals surface area contributed by atoms with Crippen LogP contribution in [0.2, 0.25) is 15.1 Å². The predicted molar refractivity (Wildman–Crippen MR) is 89.8 cm³/mol. The van der Waals surface area contributed by atoms with Crippen LogP contribution in [0.5, 0.6) is 0 Å². The van der Waals surface area contributed by atoms with Crippen molar-refractivity contribution in [1.29, 1.82) is 0 Å². The van der Waals surface area contributed by atoms with E-state index in [1.54, 1.807) is 17.1 Å². The first-order valence-corrected chi connectivity index (χ1v) is 7.79. The second-order valence-electron chi connectivity index (χ2n) is 4.89. The summed E-state index contributed by atoms with van der Waals surface area (Å²) in [5.74, 6) is 0.0312. The molecule has 0 aliphatic rings. The second kappa shape index (κ2) is 6.69. The van der Waals surface area contributed by atoms with Gasteiger partial charge in [-0.2, -0.15) is 5.10 Å². The maximum absolute atomic E-state index is 6.39. The zero-order valence-electron chi connectivity index (χ0n) is 11.5. The molecule has 0 radical (unpaired) electrons. The molecule has 22 heavy (non-hydrogen) atoms. The molecule has 3 nitrogen and oxygen atoms in total. The van der Waals surface area contributed by atoms with E-state index in [2.05, 4.69) is 10.1 Å². The molecule has 0 saturated heterocycles. The quantitative estimate of drug-likeness (QED) is 0.656. The summed E-state index contributed by atoms with van der Waals surface area (Å²) in [7, 11) is 0. The maximum atomic E-state index is 6.39. The van der Waals surface area contributed by atoms with E-state index in [0.717, 1.165) is 11.1 Å². The van der Waals surface area contributed by atoms with Crippen molar-refractivity contribution in [2.45, 2.75) is 12.5 Å². The van der Waals surface area contributed by atoms with Gasteiger partial charge >= 0.3 is 0 Å². The zero-order chi connectivity index (χ0) is 15.5. The molecule has 0 amide bonds. The fraction of sp³-hybridized carbons (Fsp3) is 0.125. The Morgan fingerprint density at radius 3 is 2.32 bits per heavy atom. The highest BCUT2D eigenvalue weighted by Gasteiger charge is 2.18. The topological polar surface area (TPSA) is 30.7 Å². The highest BCUT2D eigenvalue weighted by molar-refractivity contribution is 6.35. The van der Waals surface area contributed by atoms with E-state index in [4.69, 9.17) is 34.8 Å². The Bertz CT molecular complexity index is 755. The Kier molecular flexibility index (Phi) is 4.67. The van der Waals surface area contributed by atoms with Gasteiger partial charge in [-0.3, -0.25) is 4.68 Å². The van der Waals surface area contributed by atoms with Gasteiger partial charge in [-0.25, -0.2) is 4.98 Å². The highest BCUT2D eigenvalue weighted by atomic mass is 35.5. The van der Waals surface area contributed by atoms with Crippen molar-refractivity contribution in [3.63, 3.8) is 0 Å². The molecule has 1 atom stereocenters. The van der Waals surface area contributed by atoms with Gasteiger partial charge < -0.3 is 0 Å². The molecular weight excluding hydrogens is 341 g/mol. The van der Waals surface area contributed by atoms with Gasteiger partial charge in [0.2, 0.25) is 0 Å². The van der Waals surface area contributed by atoms with Gasteiger partial charge in [0, 0.05) is 21.0 Å². The van der Waals surface area contributed by atoms with E-state index in [-0.39, 0.29) is 5.92 Å². The molecule has 0 saturated carbocycles. The van der Waals surface area contributed by atoms with E-state index in [0.29, 0.717) is 21.6 Å². The third kappa shape index (κ3) is 3.43. The van der Waals surface area contributed by atoms with Gasteiger partial charge in [-0.05, 0) is 35.4 Å². The smallest absolute Gasteiger partial charge is 0.137 e. The fourth-order valence-electron chi connectivity index (χ4n) is 2.38. The van der Waals surface area contributed by atoms with Gasteiger partial charge in [0.1, 0.15) is 12.7 Å². The lowest BCUT2D eigenvalue weighted by molar-refractivity contribution is 0.562. The monoisotopic (exact) mass is 351 g/mol. The minimum atomic E-state index is 0.0312. The molecule has 0 spiro atoms. The van der Waals surface area contributed by atoms with Crippen LogP contribution in [0.25, 0.3) is 0 Å².